The minimum Gasteiger partial charge on any atom is -0.376 e. The smallest absolute Gasteiger partial charge is 0.0722 e. The summed E-state index contributed by atoms with van der Waals surface area (Å²) in [5, 5.41) is 5.81. The van der Waals surface area contributed by atoms with Gasteiger partial charge in [-0.15, -0.1) is 0 Å². The van der Waals surface area contributed by atoms with Gasteiger partial charge in [-0.2, -0.15) is 0 Å². The summed E-state index contributed by atoms with van der Waals surface area (Å²) < 4.78 is 6.05. The minimum absolute atomic E-state index is 0.155. The lowest BCUT2D eigenvalue weighted by Crippen LogP contribution is -2.49. The molecule has 4 heteroatoms. The van der Waals surface area contributed by atoms with Crippen molar-refractivity contribution >= 4 is 28.2 Å². The van der Waals surface area contributed by atoms with Crippen molar-refractivity contribution in [2.24, 2.45) is 5.92 Å². The van der Waals surface area contributed by atoms with Crippen LogP contribution in [0.2, 0.25) is 5.02 Å². The summed E-state index contributed by atoms with van der Waals surface area (Å²) in [6.45, 7) is 3.53. The average molecular weight is 443 g/mol. The summed E-state index contributed by atoms with van der Waals surface area (Å²) in [5.74, 6) is 0.503. The molecule has 1 aliphatic rings. The van der Waals surface area contributed by atoms with Crippen LogP contribution < -0.4 is 5.32 Å². The van der Waals surface area contributed by atoms with E-state index in [9.17, 15) is 0 Å². The number of hydrogen-bond donors (Lipinski definition) is 1. The van der Waals surface area contributed by atoms with Gasteiger partial charge in [0.05, 0.1) is 24.3 Å². The Morgan fingerprint density at radius 3 is 2.69 bits per heavy atom. The summed E-state index contributed by atoms with van der Waals surface area (Å²) in [4.78, 5) is 4.52. The highest BCUT2D eigenvalue weighted by atomic mass is 35.5. The van der Waals surface area contributed by atoms with Gasteiger partial charge in [0.2, 0.25) is 0 Å². The molecule has 32 heavy (non-hydrogen) atoms. The number of ether oxygens (including phenoxy) is 1. The third kappa shape index (κ3) is 4.23. The van der Waals surface area contributed by atoms with Crippen LogP contribution in [0, 0.1) is 12.8 Å². The molecule has 1 fully saturated rings. The number of fused-ring (bicyclic) bond motifs is 1. The van der Waals surface area contributed by atoms with Crippen molar-refractivity contribution in [2.75, 3.05) is 11.9 Å². The van der Waals surface area contributed by atoms with Gasteiger partial charge < -0.3 is 10.1 Å². The maximum atomic E-state index is 6.51. The molecular formula is C28H27ClN2O. The fourth-order valence-electron chi connectivity index (χ4n) is 4.90. The van der Waals surface area contributed by atoms with E-state index in [4.69, 9.17) is 16.3 Å². The van der Waals surface area contributed by atoms with Gasteiger partial charge in [-0.05, 0) is 66.6 Å². The molecule has 0 bridgehead atoms. The first-order valence-electron chi connectivity index (χ1n) is 11.1. The van der Waals surface area contributed by atoms with Crippen molar-refractivity contribution in [2.45, 2.75) is 31.9 Å². The Bertz CT molecular complexity index is 1220. The maximum Gasteiger partial charge on any atom is 0.0722 e. The van der Waals surface area contributed by atoms with Crippen LogP contribution in [0.1, 0.15) is 29.5 Å². The van der Waals surface area contributed by atoms with Gasteiger partial charge in [0.25, 0.3) is 0 Å². The second-order valence-electron chi connectivity index (χ2n) is 8.81. The molecule has 1 aliphatic carbocycles. The molecule has 1 aromatic heterocycles. The number of aromatic nitrogens is 1. The van der Waals surface area contributed by atoms with Crippen LogP contribution in [0.5, 0.6) is 0 Å². The van der Waals surface area contributed by atoms with Crippen LogP contribution in [0.15, 0.2) is 85.1 Å². The van der Waals surface area contributed by atoms with E-state index in [1.165, 1.54) is 11.1 Å². The number of benzene rings is 3. The molecule has 1 heterocycles. The normalized spacial score (nSPS) is 20.1. The monoisotopic (exact) mass is 442 g/mol. The van der Waals surface area contributed by atoms with Crippen LogP contribution in [0.4, 0.5) is 5.69 Å². The van der Waals surface area contributed by atoms with Crippen molar-refractivity contribution in [1.82, 2.24) is 4.98 Å². The average Bonchev–Trinajstić information content (AvgIpc) is 2.80. The number of nitrogens with zero attached hydrogens (tertiary/aromatic N) is 1. The summed E-state index contributed by atoms with van der Waals surface area (Å²) in [6, 6.07) is 27.0. The van der Waals surface area contributed by atoms with E-state index in [0.717, 1.165) is 46.6 Å². The molecular weight excluding hydrogens is 416 g/mol. The van der Waals surface area contributed by atoms with Gasteiger partial charge in [-0.1, -0.05) is 66.2 Å². The molecule has 3 aromatic carbocycles. The third-order valence-electron chi connectivity index (χ3n) is 6.51. The zero-order valence-corrected chi connectivity index (χ0v) is 19.0. The number of halogens is 1. The molecule has 0 radical (unpaired) electrons. The first-order chi connectivity index (χ1) is 15.6. The summed E-state index contributed by atoms with van der Waals surface area (Å²) in [7, 11) is 0. The Hall–Kier alpha value is -2.88. The Kier molecular flexibility index (Phi) is 5.86. The molecule has 0 unspecified atom stereocenters. The van der Waals surface area contributed by atoms with Gasteiger partial charge in [0, 0.05) is 22.3 Å². The standard InChI is InChI=1S/C28H27ClN2O/c1-20-25(10-5-11-26(20)29)28(31-24-13-12-23-9-6-14-30-27(23)15-24)16-22(17-28)19-32-18-21-7-3-2-4-8-21/h2-15,22,31H,16-19H2,1H3. The Morgan fingerprint density at radius 2 is 1.84 bits per heavy atom. The molecule has 1 N–H and O–H groups in total. The van der Waals surface area contributed by atoms with Crippen LogP contribution >= 0.6 is 11.6 Å². The van der Waals surface area contributed by atoms with E-state index < -0.39 is 0 Å². The molecule has 0 saturated heterocycles. The second kappa shape index (κ2) is 8.93. The molecule has 3 nitrogen and oxygen atoms in total. The highest BCUT2D eigenvalue weighted by molar-refractivity contribution is 6.31. The molecule has 162 valence electrons. The topological polar surface area (TPSA) is 34.2 Å². The van der Waals surface area contributed by atoms with Gasteiger partial charge in [-0.3, -0.25) is 4.98 Å². The Labute approximate surface area is 194 Å². The number of rotatable bonds is 7. The highest BCUT2D eigenvalue weighted by Crippen LogP contribution is 2.50. The summed E-state index contributed by atoms with van der Waals surface area (Å²) >= 11 is 6.51. The molecule has 0 atom stereocenters. The lowest BCUT2D eigenvalue weighted by Gasteiger charge is -2.50. The number of pyridine rings is 1. The van der Waals surface area contributed by atoms with E-state index in [2.05, 4.69) is 77.9 Å². The zero-order valence-electron chi connectivity index (χ0n) is 18.2. The van der Waals surface area contributed by atoms with Crippen molar-refractivity contribution in [3.63, 3.8) is 0 Å². The van der Waals surface area contributed by atoms with Crippen molar-refractivity contribution in [1.29, 1.82) is 0 Å². The minimum atomic E-state index is -0.155. The van der Waals surface area contributed by atoms with Crippen LogP contribution in [-0.4, -0.2) is 11.6 Å². The molecule has 0 spiro atoms. The fourth-order valence-corrected chi connectivity index (χ4v) is 5.07. The molecule has 4 aromatic rings. The lowest BCUT2D eigenvalue weighted by atomic mass is 9.64. The predicted octanol–water partition coefficient (Wildman–Crippen LogP) is 7.13. The molecule has 0 aliphatic heterocycles. The second-order valence-corrected chi connectivity index (χ2v) is 9.21. The van der Waals surface area contributed by atoms with Gasteiger partial charge in [0.15, 0.2) is 0 Å². The highest BCUT2D eigenvalue weighted by Gasteiger charge is 2.46. The number of hydrogen-bond acceptors (Lipinski definition) is 3. The molecule has 5 rings (SSSR count). The summed E-state index contributed by atoms with van der Waals surface area (Å²) in [5.41, 5.74) is 5.55. The van der Waals surface area contributed by atoms with E-state index in [0.29, 0.717) is 12.5 Å². The van der Waals surface area contributed by atoms with Crippen LogP contribution in [0.25, 0.3) is 10.9 Å². The number of nitrogens with one attached hydrogen (secondary N) is 1. The van der Waals surface area contributed by atoms with E-state index >= 15 is 0 Å². The van der Waals surface area contributed by atoms with Crippen LogP contribution in [-0.2, 0) is 16.9 Å². The fraction of sp³-hybridized carbons (Fsp3) is 0.250. The first kappa shape index (κ1) is 21.0. The Balaban J connectivity index is 1.35. The molecule has 0 amide bonds. The quantitative estimate of drug-likeness (QED) is 0.330. The van der Waals surface area contributed by atoms with Gasteiger partial charge in [-0.25, -0.2) is 0 Å². The SMILES string of the molecule is Cc1c(Cl)cccc1C1(Nc2ccc3cccnc3c2)CC(COCc2ccccc2)C1. The first-order valence-corrected chi connectivity index (χ1v) is 11.5. The van der Waals surface area contributed by atoms with Crippen LogP contribution in [0.3, 0.4) is 0 Å². The van der Waals surface area contributed by atoms with E-state index in [1.807, 2.05) is 24.4 Å². The van der Waals surface area contributed by atoms with E-state index in [-0.39, 0.29) is 5.54 Å². The number of anilines is 1. The zero-order chi connectivity index (χ0) is 22.0. The predicted molar refractivity (Wildman–Crippen MR) is 132 cm³/mol. The van der Waals surface area contributed by atoms with E-state index in [1.54, 1.807) is 0 Å². The lowest BCUT2D eigenvalue weighted by molar-refractivity contribution is 0.0279. The van der Waals surface area contributed by atoms with Gasteiger partial charge in [0.1, 0.15) is 0 Å². The summed E-state index contributed by atoms with van der Waals surface area (Å²) in [6.07, 6.45) is 3.85. The molecule has 1 saturated carbocycles. The largest absolute Gasteiger partial charge is 0.376 e. The van der Waals surface area contributed by atoms with Crippen molar-refractivity contribution < 1.29 is 4.74 Å². The Morgan fingerprint density at radius 1 is 1.00 bits per heavy atom. The van der Waals surface area contributed by atoms with Crippen molar-refractivity contribution in [3.8, 4) is 0 Å². The third-order valence-corrected chi connectivity index (χ3v) is 6.92. The maximum absolute atomic E-state index is 6.51. The van der Waals surface area contributed by atoms with Crippen molar-refractivity contribution in [3.05, 3.63) is 107 Å². The van der Waals surface area contributed by atoms with Gasteiger partial charge >= 0.3 is 0 Å².